The van der Waals surface area contributed by atoms with Crippen LogP contribution >= 0.6 is 31.9 Å². The lowest BCUT2D eigenvalue weighted by Crippen LogP contribution is -2.99. The van der Waals surface area contributed by atoms with Gasteiger partial charge in [-0.3, -0.25) is 9.59 Å². The van der Waals surface area contributed by atoms with Gasteiger partial charge in [0.05, 0.1) is 20.5 Å². The van der Waals surface area contributed by atoms with Crippen LogP contribution in [0.4, 0.5) is 11.4 Å². The Hall–Kier alpha value is -2.36. The number of nitrogens with one attached hydrogen (secondary N) is 1. The number of imide groups is 1. The summed E-state index contributed by atoms with van der Waals surface area (Å²) in [5.74, 6) is -2.28. The molecule has 4 aliphatic rings. The highest BCUT2D eigenvalue weighted by Crippen LogP contribution is 2.70. The summed E-state index contributed by atoms with van der Waals surface area (Å²) in [4.78, 5) is 29.0. The van der Waals surface area contributed by atoms with E-state index >= 15 is 0 Å². The number of rotatable bonds is 2. The van der Waals surface area contributed by atoms with Gasteiger partial charge in [-0.15, -0.1) is 0 Å². The molecule has 3 atom stereocenters. The summed E-state index contributed by atoms with van der Waals surface area (Å²) in [5.41, 5.74) is 3.77. The number of para-hydroxylation sites is 2. The molecule has 0 aromatic heterocycles. The second-order valence-electron chi connectivity index (χ2n) is 8.30. The highest BCUT2D eigenvalue weighted by molar-refractivity contribution is 9.10. The van der Waals surface area contributed by atoms with Crippen molar-refractivity contribution in [1.29, 1.82) is 0 Å². The van der Waals surface area contributed by atoms with E-state index in [1.165, 1.54) is 12.1 Å². The number of quaternary nitrogens is 1. The van der Waals surface area contributed by atoms with E-state index in [9.17, 15) is 20.0 Å². The van der Waals surface area contributed by atoms with Crippen LogP contribution in [0.1, 0.15) is 22.3 Å². The summed E-state index contributed by atoms with van der Waals surface area (Å²) in [6, 6.07) is 21.8. The molecule has 2 bridgehead atoms. The van der Waals surface area contributed by atoms with Crippen LogP contribution in [0.2, 0.25) is 0 Å². The molecule has 0 radical (unpaired) electrons. The van der Waals surface area contributed by atoms with Crippen LogP contribution in [-0.2, 0) is 18.2 Å². The molecule has 3 aromatic carbocycles. The van der Waals surface area contributed by atoms with Gasteiger partial charge in [-0.1, -0.05) is 92.5 Å². The maximum absolute atomic E-state index is 13.9. The monoisotopic (exact) mass is 554 g/mol. The van der Waals surface area contributed by atoms with Crippen molar-refractivity contribution in [3.05, 3.63) is 100 Å². The molecule has 1 heterocycles. The number of carbonyl (C=O) groups excluding carboxylic acids is 2. The molecule has 32 heavy (non-hydrogen) atoms. The Labute approximate surface area is 200 Å². The minimum Gasteiger partial charge on any atom is -0.595 e. The summed E-state index contributed by atoms with van der Waals surface area (Å²) in [6.07, 6.45) is 0. The summed E-state index contributed by atoms with van der Waals surface area (Å²) >= 11 is 7.88. The lowest BCUT2D eigenvalue weighted by atomic mass is 9.54. The molecule has 0 saturated carbocycles. The number of alkyl halides is 2. The number of amides is 2. The molecular weight excluding hydrogens is 540 g/mol. The number of hydrogen-bond acceptors (Lipinski definition) is 4. The number of carbonyl (C=O) groups is 2. The molecule has 1 saturated heterocycles. The van der Waals surface area contributed by atoms with Crippen LogP contribution in [0.25, 0.3) is 0 Å². The first-order valence-corrected chi connectivity index (χ1v) is 11.7. The lowest BCUT2D eigenvalue weighted by Gasteiger charge is -2.55. The molecule has 3 aliphatic carbocycles. The number of benzene rings is 3. The standard InChI is InChI=1S/C24H16Br2N2O4/c25-23-13-7-1-2-8-14(13)24(26,16-10-4-3-9-15(16)23)20-19(23)21(29)27(22(20)30)17-11-5-6-12-18(17)28(31)32/h1-12,19-20,28,31H/t19-,20-,23?,24?/m1/s1. The second-order valence-corrected chi connectivity index (χ2v) is 10.8. The first-order valence-electron chi connectivity index (χ1n) is 10.1. The molecule has 6 nitrogen and oxygen atoms in total. The number of anilines is 1. The average molecular weight is 556 g/mol. The van der Waals surface area contributed by atoms with E-state index in [1.807, 2.05) is 48.5 Å². The summed E-state index contributed by atoms with van der Waals surface area (Å²) in [7, 11) is 0. The Balaban J connectivity index is 1.65. The summed E-state index contributed by atoms with van der Waals surface area (Å²) in [6.45, 7) is 0. The van der Waals surface area contributed by atoms with E-state index in [-0.39, 0.29) is 11.4 Å². The Morgan fingerprint density at radius 1 is 0.750 bits per heavy atom. The van der Waals surface area contributed by atoms with E-state index in [2.05, 4.69) is 31.9 Å². The zero-order valence-electron chi connectivity index (χ0n) is 16.5. The van der Waals surface area contributed by atoms with E-state index in [0.717, 1.165) is 27.2 Å². The lowest BCUT2D eigenvalue weighted by molar-refractivity contribution is -0.990. The molecule has 160 valence electrons. The predicted molar refractivity (Wildman–Crippen MR) is 124 cm³/mol. The maximum Gasteiger partial charge on any atom is 0.240 e. The quantitative estimate of drug-likeness (QED) is 0.288. The summed E-state index contributed by atoms with van der Waals surface area (Å²) < 4.78 is -1.81. The van der Waals surface area contributed by atoms with Crippen molar-refractivity contribution in [2.24, 2.45) is 11.8 Å². The molecule has 8 heteroatoms. The fourth-order valence-corrected chi connectivity index (χ4v) is 8.06. The van der Waals surface area contributed by atoms with Gasteiger partial charge in [-0.05, 0) is 28.3 Å². The van der Waals surface area contributed by atoms with Crippen molar-refractivity contribution < 1.29 is 20.0 Å². The third kappa shape index (κ3) is 2.19. The third-order valence-electron chi connectivity index (χ3n) is 6.96. The molecule has 1 aliphatic heterocycles. The van der Waals surface area contributed by atoms with Gasteiger partial charge in [0.25, 0.3) is 0 Å². The van der Waals surface area contributed by atoms with Gasteiger partial charge >= 0.3 is 0 Å². The van der Waals surface area contributed by atoms with Crippen LogP contribution in [0.3, 0.4) is 0 Å². The zero-order valence-corrected chi connectivity index (χ0v) is 19.6. The third-order valence-corrected chi connectivity index (χ3v) is 9.66. The SMILES string of the molecule is O=C1[C@H]2[C@H](C(=O)N1c1ccccc1[NH+]([O-])O)C1(Br)c3ccccc3C2(Br)c2ccccc21. The van der Waals surface area contributed by atoms with Gasteiger partial charge in [0.1, 0.15) is 5.69 Å². The van der Waals surface area contributed by atoms with Crippen LogP contribution in [0.15, 0.2) is 72.8 Å². The van der Waals surface area contributed by atoms with Gasteiger partial charge < -0.3 is 5.21 Å². The van der Waals surface area contributed by atoms with Crippen LogP contribution in [0.5, 0.6) is 0 Å². The van der Waals surface area contributed by atoms with E-state index in [1.54, 1.807) is 12.1 Å². The minimum atomic E-state index is -1.19. The Kier molecular flexibility index (Phi) is 4.17. The first-order chi connectivity index (χ1) is 15.3. The fraction of sp³-hybridized carbons (Fsp3) is 0.167. The fourth-order valence-electron chi connectivity index (χ4n) is 5.75. The van der Waals surface area contributed by atoms with Crippen molar-refractivity contribution in [3.63, 3.8) is 0 Å². The molecule has 7 rings (SSSR count). The van der Waals surface area contributed by atoms with E-state index < -0.39 is 37.5 Å². The Bertz CT molecular complexity index is 1200. The topological polar surface area (TPSA) is 85.1 Å². The largest absolute Gasteiger partial charge is 0.595 e. The number of hydrogen-bond donors (Lipinski definition) is 2. The van der Waals surface area contributed by atoms with E-state index in [0.29, 0.717) is 0 Å². The molecule has 1 fully saturated rings. The molecule has 0 spiro atoms. The van der Waals surface area contributed by atoms with Gasteiger partial charge in [0.2, 0.25) is 11.8 Å². The Morgan fingerprint density at radius 3 is 1.53 bits per heavy atom. The zero-order chi connectivity index (χ0) is 22.4. The van der Waals surface area contributed by atoms with Gasteiger partial charge in [-0.2, -0.15) is 5.23 Å². The highest BCUT2D eigenvalue weighted by Gasteiger charge is 2.72. The number of nitrogens with zero attached hydrogens (tertiary/aromatic N) is 1. The summed E-state index contributed by atoms with van der Waals surface area (Å²) in [5, 5.41) is 20.4. The molecular formula is C24H16Br2N2O4. The van der Waals surface area contributed by atoms with E-state index in [4.69, 9.17) is 0 Å². The second kappa shape index (κ2) is 6.59. The number of halogens is 2. The molecule has 1 unspecified atom stereocenters. The molecule has 2 N–H and O–H groups in total. The van der Waals surface area contributed by atoms with Gasteiger partial charge in [0.15, 0.2) is 5.69 Å². The first kappa shape index (κ1) is 20.3. The normalized spacial score (nSPS) is 30.7. The molecule has 3 aromatic rings. The van der Waals surface area contributed by atoms with Gasteiger partial charge in [0, 0.05) is 6.07 Å². The van der Waals surface area contributed by atoms with Crippen molar-refractivity contribution in [3.8, 4) is 0 Å². The predicted octanol–water partition coefficient (Wildman–Crippen LogP) is 3.50. The van der Waals surface area contributed by atoms with Gasteiger partial charge in [-0.25, -0.2) is 10.1 Å². The van der Waals surface area contributed by atoms with Crippen LogP contribution in [-0.4, -0.2) is 17.0 Å². The highest BCUT2D eigenvalue weighted by atomic mass is 79.9. The van der Waals surface area contributed by atoms with Crippen molar-refractivity contribution >= 4 is 55.0 Å². The van der Waals surface area contributed by atoms with Crippen LogP contribution < -0.4 is 10.1 Å². The minimum absolute atomic E-state index is 0.0810. The van der Waals surface area contributed by atoms with Crippen LogP contribution in [0, 0.1) is 17.0 Å². The molecule has 2 amide bonds. The van der Waals surface area contributed by atoms with Crippen molar-refractivity contribution in [2.75, 3.05) is 4.90 Å². The Morgan fingerprint density at radius 2 is 1.12 bits per heavy atom. The maximum atomic E-state index is 13.9. The van der Waals surface area contributed by atoms with Crippen molar-refractivity contribution in [1.82, 2.24) is 0 Å². The van der Waals surface area contributed by atoms with Crippen molar-refractivity contribution in [2.45, 2.75) is 8.65 Å². The average Bonchev–Trinajstić information content (AvgIpc) is 3.08. The smallest absolute Gasteiger partial charge is 0.240 e.